The number of H-pyrrole nitrogens is 2. The highest BCUT2D eigenvalue weighted by molar-refractivity contribution is 5.98. The minimum atomic E-state index is -1.39. The molecule has 8 amide bonds. The fourth-order valence-corrected chi connectivity index (χ4v) is 10.3. The highest BCUT2D eigenvalue weighted by Crippen LogP contribution is 2.22. The number of rotatable bonds is 29. The van der Waals surface area contributed by atoms with Crippen molar-refractivity contribution in [3.63, 3.8) is 0 Å². The number of hydrogen-bond acceptors (Lipinski definition) is 13. The number of phenols is 1. The fourth-order valence-electron chi connectivity index (χ4n) is 10.3. The van der Waals surface area contributed by atoms with E-state index in [9.17, 15) is 53.4 Å². The number of carboxylic acids is 1. The lowest BCUT2D eigenvalue weighted by molar-refractivity contribution is -0.142. The number of amides is 8. The molecular formula is C60H77N13O11. The largest absolute Gasteiger partial charge is 0.508 e. The van der Waals surface area contributed by atoms with Crippen LogP contribution in [0.3, 0.4) is 0 Å². The van der Waals surface area contributed by atoms with E-state index in [1.807, 2.05) is 13.8 Å². The molecule has 2 aliphatic rings. The van der Waals surface area contributed by atoms with E-state index in [-0.39, 0.29) is 69.1 Å². The molecule has 2 saturated heterocycles. The van der Waals surface area contributed by atoms with E-state index in [0.717, 1.165) is 6.42 Å². The first kappa shape index (κ1) is 62.7. The summed E-state index contributed by atoms with van der Waals surface area (Å²) in [5, 5.41) is 42.4. The molecule has 4 heterocycles. The molecule has 3 aromatic carbocycles. The number of imidazole rings is 2. The number of likely N-dealkylation sites (tertiary alicyclic amines) is 1. The summed E-state index contributed by atoms with van der Waals surface area (Å²) in [6, 6.07) is 13.1. The number of carbonyl (C=O) groups excluding carboxylic acids is 8. The smallest absolute Gasteiger partial charge is 0.326 e. The van der Waals surface area contributed by atoms with Gasteiger partial charge in [0.05, 0.1) is 30.1 Å². The summed E-state index contributed by atoms with van der Waals surface area (Å²) in [4.78, 5) is 143. The van der Waals surface area contributed by atoms with Gasteiger partial charge < -0.3 is 67.6 Å². The Morgan fingerprint density at radius 3 is 1.56 bits per heavy atom. The Morgan fingerprint density at radius 2 is 1.04 bits per heavy atom. The van der Waals surface area contributed by atoms with Crippen molar-refractivity contribution in [1.82, 2.24) is 67.4 Å². The second kappa shape index (κ2) is 30.4. The fraction of sp³-hybridized carbons (Fsp3) is 0.450. The summed E-state index contributed by atoms with van der Waals surface area (Å²) in [6.45, 7) is 7.88. The molecule has 12 N–H and O–H groups in total. The van der Waals surface area contributed by atoms with Crippen molar-refractivity contribution in [2.75, 3.05) is 13.1 Å². The molecular weight excluding hydrogens is 1080 g/mol. The number of hydrogen-bond donors (Lipinski definition) is 12. The van der Waals surface area contributed by atoms with Crippen LogP contribution in [0.15, 0.2) is 110 Å². The van der Waals surface area contributed by atoms with Gasteiger partial charge in [0.25, 0.3) is 0 Å². The third-order valence-corrected chi connectivity index (χ3v) is 14.8. The summed E-state index contributed by atoms with van der Waals surface area (Å²) in [5.41, 5.74) is 2.76. The molecule has 0 unspecified atom stereocenters. The van der Waals surface area contributed by atoms with Gasteiger partial charge in [-0.3, -0.25) is 38.4 Å². The number of carbonyl (C=O) groups is 9. The molecule has 0 radical (unpaired) electrons. The predicted octanol–water partition coefficient (Wildman–Crippen LogP) is 1.28. The Morgan fingerprint density at radius 1 is 0.548 bits per heavy atom. The number of phenolic OH excluding ortho intramolecular Hbond substituents is 1. The number of aromatic hydroxyl groups is 1. The molecule has 7 rings (SSSR count). The number of aromatic amines is 2. The van der Waals surface area contributed by atoms with E-state index in [2.05, 4.69) is 62.5 Å². The third-order valence-electron chi connectivity index (χ3n) is 14.8. The van der Waals surface area contributed by atoms with Crippen molar-refractivity contribution in [2.45, 2.75) is 146 Å². The number of benzene rings is 3. The van der Waals surface area contributed by atoms with E-state index >= 15 is 0 Å². The first-order valence-electron chi connectivity index (χ1n) is 28.5. The minimum absolute atomic E-state index is 0.0169. The molecule has 5 aromatic rings. The first-order valence-corrected chi connectivity index (χ1v) is 28.5. The van der Waals surface area contributed by atoms with Gasteiger partial charge in [0.2, 0.25) is 47.3 Å². The number of aromatic nitrogens is 4. The lowest BCUT2D eigenvalue weighted by Gasteiger charge is -2.30. The van der Waals surface area contributed by atoms with Crippen molar-refractivity contribution in [2.24, 2.45) is 11.8 Å². The van der Waals surface area contributed by atoms with Crippen molar-refractivity contribution >= 4 is 53.2 Å². The highest BCUT2D eigenvalue weighted by Gasteiger charge is 2.41. The van der Waals surface area contributed by atoms with E-state index in [1.165, 1.54) is 41.8 Å². The molecule has 0 saturated carbocycles. The Labute approximate surface area is 487 Å². The van der Waals surface area contributed by atoms with Gasteiger partial charge in [0.15, 0.2) is 0 Å². The maximum atomic E-state index is 14.8. The zero-order chi connectivity index (χ0) is 60.3. The summed E-state index contributed by atoms with van der Waals surface area (Å²) in [6.07, 6.45) is 7.98. The second-order valence-electron chi connectivity index (χ2n) is 22.2. The first-order chi connectivity index (χ1) is 40.3. The normalized spacial score (nSPS) is 17.4. The lowest BCUT2D eigenvalue weighted by atomic mass is 9.98. The summed E-state index contributed by atoms with van der Waals surface area (Å²) < 4.78 is 0. The van der Waals surface area contributed by atoms with Crippen LogP contribution in [0, 0.1) is 11.8 Å². The van der Waals surface area contributed by atoms with Crippen molar-refractivity contribution in [3.05, 3.63) is 138 Å². The lowest BCUT2D eigenvalue weighted by Crippen LogP contribution is -2.61. The average Bonchev–Trinajstić information content (AvgIpc) is 4.29. The van der Waals surface area contributed by atoms with Gasteiger partial charge in [0, 0.05) is 51.0 Å². The molecule has 9 atom stereocenters. The summed E-state index contributed by atoms with van der Waals surface area (Å²) >= 11 is 0. The molecule has 24 heteroatoms. The van der Waals surface area contributed by atoms with Crippen LogP contribution < -0.4 is 42.5 Å². The maximum absolute atomic E-state index is 14.8. The quantitative estimate of drug-likeness (QED) is 0.0321. The van der Waals surface area contributed by atoms with Gasteiger partial charge in [-0.25, -0.2) is 14.8 Å². The molecule has 0 spiro atoms. The Kier molecular flexibility index (Phi) is 22.7. The molecule has 2 aliphatic heterocycles. The van der Waals surface area contributed by atoms with Crippen molar-refractivity contribution in [3.8, 4) is 5.75 Å². The predicted molar refractivity (Wildman–Crippen MR) is 308 cm³/mol. The third kappa shape index (κ3) is 18.3. The van der Waals surface area contributed by atoms with Gasteiger partial charge in [-0.15, -0.1) is 0 Å². The number of nitrogens with one attached hydrogen (secondary N) is 10. The monoisotopic (exact) mass is 1160 g/mol. The van der Waals surface area contributed by atoms with E-state index in [0.29, 0.717) is 47.5 Å². The molecule has 2 fully saturated rings. The zero-order valence-corrected chi connectivity index (χ0v) is 47.6. The topological polar surface area (TPSA) is 351 Å². The Hall–Kier alpha value is -8.93. The van der Waals surface area contributed by atoms with Gasteiger partial charge in [-0.1, -0.05) is 100 Å². The minimum Gasteiger partial charge on any atom is -0.508 e. The standard InChI is InChI=1S/C60H77N13O11/c1-35(2)25-44(53(76)67-46(27-38-15-9-6-10-16-38)56(79)72-51(36(3)4)58(81)71-49(60(83)84)28-39-19-21-42(74)22-20-39)66-55(78)47(29-40-31-61-33-64-40)68-54(77)45(26-37-13-7-5-8-14-37)69-57(80)50-18-12-24-73(50)59(82)48(30-41-32-62-34-65-41)70-52(75)43-17-11-23-63-43/h5-10,13-16,19-22,31-36,43-51,63,74H,11-12,17-18,23-30H2,1-4H3,(H,61,64)(H,62,65)(H,66,78)(H,67,76)(H,68,77)(H,69,80)(H,70,75)(H,71,81)(H,72,79)(H,83,84)/t43-,44-,45-,46-,47-,48-,49-,50-,51-/m0/s1. The Bertz CT molecular complexity index is 2990. The van der Waals surface area contributed by atoms with Crippen molar-refractivity contribution < 1.29 is 53.4 Å². The van der Waals surface area contributed by atoms with E-state index in [1.54, 1.807) is 86.9 Å². The van der Waals surface area contributed by atoms with Gasteiger partial charge in [-0.05, 0) is 79.3 Å². The zero-order valence-electron chi connectivity index (χ0n) is 47.6. The molecule has 2 aromatic heterocycles. The number of aliphatic carboxylic acids is 1. The van der Waals surface area contributed by atoms with Crippen LogP contribution >= 0.6 is 0 Å². The van der Waals surface area contributed by atoms with Crippen LogP contribution in [0.5, 0.6) is 5.75 Å². The summed E-state index contributed by atoms with van der Waals surface area (Å²) in [7, 11) is 0. The van der Waals surface area contributed by atoms with Crippen LogP contribution in [-0.2, 0) is 75.3 Å². The second-order valence-corrected chi connectivity index (χ2v) is 22.2. The van der Waals surface area contributed by atoms with Gasteiger partial charge >= 0.3 is 5.97 Å². The van der Waals surface area contributed by atoms with Gasteiger partial charge in [0.1, 0.15) is 54.1 Å². The van der Waals surface area contributed by atoms with Crippen LogP contribution in [0.2, 0.25) is 0 Å². The van der Waals surface area contributed by atoms with Crippen LogP contribution in [0.4, 0.5) is 0 Å². The molecule has 0 bridgehead atoms. The number of nitrogens with zero attached hydrogens (tertiary/aromatic N) is 3. The molecule has 84 heavy (non-hydrogen) atoms. The number of carboxylic acid groups (broad SMARTS) is 1. The highest BCUT2D eigenvalue weighted by atomic mass is 16.4. The Balaban J connectivity index is 1.09. The van der Waals surface area contributed by atoms with Crippen molar-refractivity contribution in [1.29, 1.82) is 0 Å². The van der Waals surface area contributed by atoms with Crippen LogP contribution in [-0.4, -0.2) is 156 Å². The van der Waals surface area contributed by atoms with E-state index in [4.69, 9.17) is 0 Å². The maximum Gasteiger partial charge on any atom is 0.326 e. The molecule has 448 valence electrons. The van der Waals surface area contributed by atoms with Crippen LogP contribution in [0.1, 0.15) is 87.9 Å². The molecule has 24 nitrogen and oxygen atoms in total. The van der Waals surface area contributed by atoms with E-state index < -0.39 is 108 Å². The average molecular weight is 1160 g/mol. The van der Waals surface area contributed by atoms with Crippen LogP contribution in [0.25, 0.3) is 0 Å². The van der Waals surface area contributed by atoms with Gasteiger partial charge in [-0.2, -0.15) is 0 Å². The SMILES string of the molecule is CC(C)C[C@H](NC(=O)[C@H](Cc1c[nH]cn1)NC(=O)[C@H](Cc1ccccc1)NC(=O)[C@@H]1CCCN1C(=O)[C@H](Cc1c[nH]cn1)NC(=O)[C@@H]1CCCN1)C(=O)N[C@@H](Cc1ccccc1)C(=O)N[C@H](C(=O)N[C@@H](Cc1ccc(O)cc1)C(=O)O)C(C)C. The summed E-state index contributed by atoms with van der Waals surface area (Å²) in [5.74, 6) is -7.38. The molecule has 0 aliphatic carbocycles.